The number of aryl methyl sites for hydroxylation is 1. The van der Waals surface area contributed by atoms with Gasteiger partial charge in [-0.05, 0) is 40.0 Å². The van der Waals surface area contributed by atoms with Gasteiger partial charge in [-0.3, -0.25) is 0 Å². The maximum atomic E-state index is 9.72. The van der Waals surface area contributed by atoms with Crippen molar-refractivity contribution in [1.82, 2.24) is 0 Å². The quantitative estimate of drug-likeness (QED) is 0.899. The van der Waals surface area contributed by atoms with Gasteiger partial charge in [-0.25, -0.2) is 0 Å². The van der Waals surface area contributed by atoms with Crippen molar-refractivity contribution in [2.24, 2.45) is 0 Å². The Bertz CT molecular complexity index is 400. The Balaban J connectivity index is 3.51. The van der Waals surface area contributed by atoms with E-state index in [-0.39, 0.29) is 17.8 Å². The van der Waals surface area contributed by atoms with Gasteiger partial charge in [0, 0.05) is 5.41 Å². The average molecular weight is 289 g/mol. The van der Waals surface area contributed by atoms with Crippen LogP contribution in [-0.4, -0.2) is 23.9 Å². The zero-order valence-electron chi connectivity index (χ0n) is 9.97. The monoisotopic (exact) mass is 288 g/mol. The van der Waals surface area contributed by atoms with E-state index in [2.05, 4.69) is 15.9 Å². The van der Waals surface area contributed by atoms with E-state index >= 15 is 0 Å². The van der Waals surface area contributed by atoms with Crippen LogP contribution in [-0.2, 0) is 5.41 Å². The fraction of sp³-hybridized carbons (Fsp3) is 0.500. The van der Waals surface area contributed by atoms with Crippen LogP contribution < -0.4 is 4.74 Å². The molecule has 0 unspecified atom stereocenters. The zero-order valence-corrected chi connectivity index (χ0v) is 11.6. The third-order valence-electron chi connectivity index (χ3n) is 2.68. The van der Waals surface area contributed by atoms with E-state index in [1.807, 2.05) is 20.8 Å². The SMILES string of the molecule is COc1c(O)cc(C)c(C(C)(C)CO)c1Br. The number of rotatable bonds is 3. The van der Waals surface area contributed by atoms with E-state index < -0.39 is 0 Å². The van der Waals surface area contributed by atoms with Crippen molar-refractivity contribution in [3.8, 4) is 11.5 Å². The number of methoxy groups -OCH3 is 1. The summed E-state index contributed by atoms with van der Waals surface area (Å²) in [6.45, 7) is 5.81. The van der Waals surface area contributed by atoms with Crippen LogP contribution in [0.15, 0.2) is 10.5 Å². The number of aromatic hydroxyl groups is 1. The molecule has 2 N–H and O–H groups in total. The van der Waals surface area contributed by atoms with Gasteiger partial charge in [0.05, 0.1) is 18.2 Å². The van der Waals surface area contributed by atoms with Gasteiger partial charge in [0.1, 0.15) is 0 Å². The summed E-state index contributed by atoms with van der Waals surface area (Å²) in [5.74, 6) is 0.506. The van der Waals surface area contributed by atoms with Gasteiger partial charge in [-0.15, -0.1) is 0 Å². The predicted molar refractivity (Wildman–Crippen MR) is 67.2 cm³/mol. The molecule has 0 saturated carbocycles. The minimum atomic E-state index is -0.385. The van der Waals surface area contributed by atoms with E-state index in [1.54, 1.807) is 6.07 Å². The van der Waals surface area contributed by atoms with Crippen LogP contribution in [0.4, 0.5) is 0 Å². The fourth-order valence-corrected chi connectivity index (χ4v) is 3.06. The van der Waals surface area contributed by atoms with E-state index in [0.717, 1.165) is 11.1 Å². The van der Waals surface area contributed by atoms with Gasteiger partial charge in [0.2, 0.25) is 0 Å². The Morgan fingerprint density at radius 2 is 2.00 bits per heavy atom. The number of aliphatic hydroxyl groups excluding tert-OH is 1. The highest BCUT2D eigenvalue weighted by atomic mass is 79.9. The standard InChI is InChI=1S/C12H17BrO3/c1-7-5-8(15)11(16-4)10(13)9(7)12(2,3)6-14/h5,14-15H,6H2,1-4H3. The molecule has 0 bridgehead atoms. The molecule has 0 saturated heterocycles. The largest absolute Gasteiger partial charge is 0.504 e. The number of hydrogen-bond donors (Lipinski definition) is 2. The number of aliphatic hydroxyl groups is 1. The van der Waals surface area contributed by atoms with Crippen LogP contribution in [0.2, 0.25) is 0 Å². The smallest absolute Gasteiger partial charge is 0.174 e. The molecule has 4 heteroatoms. The molecule has 0 radical (unpaired) electrons. The van der Waals surface area contributed by atoms with Crippen molar-refractivity contribution in [2.45, 2.75) is 26.2 Å². The van der Waals surface area contributed by atoms with Crippen molar-refractivity contribution >= 4 is 15.9 Å². The minimum absolute atomic E-state index is 0.0281. The maximum Gasteiger partial charge on any atom is 0.174 e. The molecule has 0 aliphatic heterocycles. The lowest BCUT2D eigenvalue weighted by Gasteiger charge is -2.27. The zero-order chi connectivity index (χ0) is 12.5. The van der Waals surface area contributed by atoms with Crippen LogP contribution in [0, 0.1) is 6.92 Å². The summed E-state index contributed by atoms with van der Waals surface area (Å²) >= 11 is 3.42. The van der Waals surface area contributed by atoms with E-state index in [1.165, 1.54) is 7.11 Å². The Morgan fingerprint density at radius 3 is 2.44 bits per heavy atom. The van der Waals surface area contributed by atoms with Crippen molar-refractivity contribution in [2.75, 3.05) is 13.7 Å². The van der Waals surface area contributed by atoms with Crippen molar-refractivity contribution in [1.29, 1.82) is 0 Å². The molecule has 1 aromatic carbocycles. The van der Waals surface area contributed by atoms with E-state index in [4.69, 9.17) is 4.74 Å². The molecule has 3 nitrogen and oxygen atoms in total. The molecule has 0 spiro atoms. The van der Waals surface area contributed by atoms with Gasteiger partial charge < -0.3 is 14.9 Å². The summed E-state index contributed by atoms with van der Waals surface area (Å²) in [6.07, 6.45) is 0. The average Bonchev–Trinajstić information content (AvgIpc) is 2.17. The summed E-state index contributed by atoms with van der Waals surface area (Å²) in [5, 5.41) is 19.1. The third kappa shape index (κ3) is 2.18. The minimum Gasteiger partial charge on any atom is -0.504 e. The molecule has 1 aromatic rings. The maximum absolute atomic E-state index is 9.72. The van der Waals surface area contributed by atoms with Crippen LogP contribution >= 0.6 is 15.9 Å². The highest BCUT2D eigenvalue weighted by Gasteiger charge is 2.27. The summed E-state index contributed by atoms with van der Waals surface area (Å²) in [4.78, 5) is 0. The molecule has 0 amide bonds. The Kier molecular flexibility index (Phi) is 3.86. The number of phenols is 1. The Morgan fingerprint density at radius 1 is 1.44 bits per heavy atom. The van der Waals surface area contributed by atoms with Crippen molar-refractivity contribution < 1.29 is 14.9 Å². The first-order chi connectivity index (χ1) is 7.35. The summed E-state index contributed by atoms with van der Waals surface area (Å²) in [7, 11) is 1.50. The second-order valence-electron chi connectivity index (χ2n) is 4.48. The van der Waals surface area contributed by atoms with Gasteiger partial charge in [0.15, 0.2) is 11.5 Å². The lowest BCUT2D eigenvalue weighted by molar-refractivity contribution is 0.217. The summed E-state index contributed by atoms with van der Waals surface area (Å²) in [6, 6.07) is 1.65. The normalized spacial score (nSPS) is 11.6. The molecule has 0 fully saturated rings. The second-order valence-corrected chi connectivity index (χ2v) is 5.27. The topological polar surface area (TPSA) is 49.7 Å². The van der Waals surface area contributed by atoms with Gasteiger partial charge >= 0.3 is 0 Å². The highest BCUT2D eigenvalue weighted by molar-refractivity contribution is 9.10. The second kappa shape index (κ2) is 4.63. The number of halogens is 1. The number of ether oxygens (including phenoxy) is 1. The summed E-state index contributed by atoms with van der Waals surface area (Å²) in [5.41, 5.74) is 1.48. The Hall–Kier alpha value is -0.740. The Labute approximate surface area is 104 Å². The first kappa shape index (κ1) is 13.3. The molecule has 16 heavy (non-hydrogen) atoms. The molecule has 0 aromatic heterocycles. The lowest BCUT2D eigenvalue weighted by Crippen LogP contribution is -2.24. The third-order valence-corrected chi connectivity index (χ3v) is 3.43. The first-order valence-corrected chi connectivity index (χ1v) is 5.82. The number of hydrogen-bond acceptors (Lipinski definition) is 3. The van der Waals surface area contributed by atoms with E-state index in [9.17, 15) is 10.2 Å². The molecule has 1 rings (SSSR count). The van der Waals surface area contributed by atoms with Gasteiger partial charge in [0.25, 0.3) is 0 Å². The molecule has 0 heterocycles. The predicted octanol–water partition coefficient (Wildman–Crippen LogP) is 2.74. The highest BCUT2D eigenvalue weighted by Crippen LogP contribution is 2.43. The fourth-order valence-electron chi connectivity index (χ4n) is 1.85. The number of phenolic OH excluding ortho intramolecular Hbond substituents is 1. The molecular formula is C12H17BrO3. The molecule has 90 valence electrons. The molecule has 0 aliphatic carbocycles. The van der Waals surface area contributed by atoms with Crippen LogP contribution in [0.1, 0.15) is 25.0 Å². The van der Waals surface area contributed by atoms with Crippen LogP contribution in [0.3, 0.4) is 0 Å². The van der Waals surface area contributed by atoms with E-state index in [0.29, 0.717) is 10.2 Å². The summed E-state index contributed by atoms with van der Waals surface area (Å²) < 4.78 is 5.83. The molecular weight excluding hydrogens is 272 g/mol. The van der Waals surface area contributed by atoms with Crippen molar-refractivity contribution in [3.05, 3.63) is 21.7 Å². The molecule has 0 aliphatic rings. The number of benzene rings is 1. The van der Waals surface area contributed by atoms with Crippen LogP contribution in [0.5, 0.6) is 11.5 Å². The first-order valence-electron chi connectivity index (χ1n) is 5.02. The van der Waals surface area contributed by atoms with Crippen molar-refractivity contribution in [3.63, 3.8) is 0 Å². The molecule has 0 atom stereocenters. The van der Waals surface area contributed by atoms with Crippen LogP contribution in [0.25, 0.3) is 0 Å². The van der Waals surface area contributed by atoms with Gasteiger partial charge in [-0.1, -0.05) is 13.8 Å². The van der Waals surface area contributed by atoms with Gasteiger partial charge in [-0.2, -0.15) is 0 Å². The lowest BCUT2D eigenvalue weighted by atomic mass is 9.82.